The number of rotatable bonds is 3. The van der Waals surface area contributed by atoms with E-state index in [4.69, 9.17) is 32.8 Å². The van der Waals surface area contributed by atoms with Gasteiger partial charge < -0.3 is 15.0 Å². The first-order chi connectivity index (χ1) is 19.0. The molecular weight excluding hydrogens is 704 g/mol. The number of likely N-dealkylation sites (N-methyl/N-ethyl adjacent to an activating group) is 2. The predicted molar refractivity (Wildman–Crippen MR) is 169 cm³/mol. The lowest BCUT2D eigenvalue weighted by molar-refractivity contribution is -0.742. The van der Waals surface area contributed by atoms with E-state index in [0.717, 1.165) is 18.8 Å². The molecule has 16 heteroatoms. The van der Waals surface area contributed by atoms with E-state index in [0.29, 0.717) is 16.6 Å². The Morgan fingerprint density at radius 2 is 1.24 bits per heavy atom. The van der Waals surface area contributed by atoms with Gasteiger partial charge in [-0.15, -0.1) is 10.1 Å². The third kappa shape index (κ3) is 8.99. The normalized spacial score (nSPS) is 19.1. The van der Waals surface area contributed by atoms with Crippen molar-refractivity contribution in [3.05, 3.63) is 70.6 Å². The molecule has 4 rings (SSSR count). The molecule has 2 aliphatic heterocycles. The Balaban J connectivity index is 0.000000330. The van der Waals surface area contributed by atoms with Crippen LogP contribution in [0.25, 0.3) is 0 Å². The third-order valence-electron chi connectivity index (χ3n) is 7.93. The lowest BCUT2D eigenvalue weighted by atomic mass is 9.81. The van der Waals surface area contributed by atoms with Gasteiger partial charge in [0.05, 0.1) is 9.40 Å². The molecule has 0 fully saturated rings. The number of nitro benzene ring substituents is 1. The molecule has 2 aliphatic rings. The first kappa shape index (κ1) is 37.5. The highest BCUT2D eigenvalue weighted by molar-refractivity contribution is 9.10. The van der Waals surface area contributed by atoms with E-state index in [2.05, 4.69) is 115 Å². The van der Waals surface area contributed by atoms with Gasteiger partial charge in [-0.25, -0.2) is 0 Å². The van der Waals surface area contributed by atoms with Crippen molar-refractivity contribution in [1.82, 2.24) is 0 Å². The largest absolute Gasteiger partial charge is 0.394 e. The van der Waals surface area contributed by atoms with Crippen molar-refractivity contribution in [1.29, 1.82) is 0 Å². The van der Waals surface area contributed by atoms with Gasteiger partial charge in [-0.2, -0.15) is 8.42 Å². The van der Waals surface area contributed by atoms with Crippen LogP contribution in [0.2, 0.25) is 0 Å². The van der Waals surface area contributed by atoms with Crippen molar-refractivity contribution in [2.24, 2.45) is 0 Å². The minimum Gasteiger partial charge on any atom is -0.368 e. The van der Waals surface area contributed by atoms with Gasteiger partial charge >= 0.3 is 10.4 Å². The number of nitrogens with zero attached hydrogens (tertiary/aromatic N) is 4. The van der Waals surface area contributed by atoms with Crippen LogP contribution in [0.1, 0.15) is 66.5 Å². The molecule has 2 heterocycles. The zero-order chi connectivity index (χ0) is 33.0. The third-order valence-corrected chi connectivity index (χ3v) is 9.06. The maximum absolute atomic E-state index is 11.0. The molecule has 0 aliphatic carbocycles. The average molecular weight is 742 g/mol. The summed E-state index contributed by atoms with van der Waals surface area (Å²) < 4.78 is 33.3. The van der Waals surface area contributed by atoms with Gasteiger partial charge in [0.2, 0.25) is 0 Å². The summed E-state index contributed by atoms with van der Waals surface area (Å²) in [5, 5.41) is 24.7. The quantitative estimate of drug-likeness (QED) is 0.170. The monoisotopic (exact) mass is 740 g/mol. The molecule has 0 radical (unpaired) electrons. The summed E-state index contributed by atoms with van der Waals surface area (Å²) in [6.45, 7) is 19.8. The van der Waals surface area contributed by atoms with Crippen molar-refractivity contribution < 1.29 is 32.7 Å². The van der Waals surface area contributed by atoms with Crippen LogP contribution in [0.4, 0.5) is 17.1 Å². The van der Waals surface area contributed by atoms with Gasteiger partial charge in [-0.1, -0.05) is 43.6 Å². The van der Waals surface area contributed by atoms with E-state index in [1.54, 1.807) is 6.07 Å². The van der Waals surface area contributed by atoms with Gasteiger partial charge in [0.1, 0.15) is 0 Å². The van der Waals surface area contributed by atoms with Crippen LogP contribution in [-0.4, -0.2) is 57.9 Å². The van der Waals surface area contributed by atoms with E-state index < -0.39 is 15.5 Å². The summed E-state index contributed by atoms with van der Waals surface area (Å²) in [5.74, 6) is 0. The predicted octanol–water partition coefficient (Wildman–Crippen LogP) is 6.82. The first-order valence-electron chi connectivity index (χ1n) is 12.9. The zero-order valence-corrected chi connectivity index (χ0v) is 28.7. The molecule has 2 unspecified atom stereocenters. The SMILES string of the molecule is CCN1c2cc([N+](=O)[O-])c(Br)cc2C(C)(C)C1C.CCN1c2ccc(Br)cc2C(C)(C)C1C.O=S(=O)(O)O.O=[N+]([O-])O. The average Bonchev–Trinajstić information content (AvgIpc) is 3.14. The highest BCUT2D eigenvalue weighted by Gasteiger charge is 2.43. The second kappa shape index (κ2) is 14.3. The molecule has 0 bridgehead atoms. The lowest BCUT2D eigenvalue weighted by Crippen LogP contribution is -2.38. The molecule has 2 aromatic rings. The summed E-state index contributed by atoms with van der Waals surface area (Å²) in [5.41, 5.74) is 5.42. The van der Waals surface area contributed by atoms with E-state index in [9.17, 15) is 10.1 Å². The van der Waals surface area contributed by atoms with Crippen molar-refractivity contribution in [2.45, 2.75) is 78.3 Å². The van der Waals surface area contributed by atoms with Crippen LogP contribution in [0.5, 0.6) is 0 Å². The Hall–Kier alpha value is -2.53. The molecule has 0 saturated heterocycles. The summed E-state index contributed by atoms with van der Waals surface area (Å²) in [7, 11) is -4.67. The highest BCUT2D eigenvalue weighted by atomic mass is 79.9. The van der Waals surface area contributed by atoms with E-state index >= 15 is 0 Å². The smallest absolute Gasteiger partial charge is 0.368 e. The second-order valence-electron chi connectivity index (χ2n) is 10.8. The van der Waals surface area contributed by atoms with Crippen LogP contribution in [0, 0.1) is 20.2 Å². The van der Waals surface area contributed by atoms with Crippen molar-refractivity contribution in [3.63, 3.8) is 0 Å². The fourth-order valence-electron chi connectivity index (χ4n) is 5.25. The van der Waals surface area contributed by atoms with Crippen LogP contribution in [0.15, 0.2) is 39.3 Å². The van der Waals surface area contributed by atoms with Crippen molar-refractivity contribution >= 4 is 59.3 Å². The molecule has 0 amide bonds. The maximum Gasteiger partial charge on any atom is 0.394 e. The first-order valence-corrected chi connectivity index (χ1v) is 15.8. The molecular formula is C26H38Br2N4O9S. The topological polar surface area (TPSA) is 188 Å². The Labute approximate surface area is 263 Å². The summed E-state index contributed by atoms with van der Waals surface area (Å²) >= 11 is 6.86. The van der Waals surface area contributed by atoms with E-state index in [1.165, 1.54) is 21.3 Å². The number of hydrogen-bond donors (Lipinski definition) is 3. The number of halogens is 2. The second-order valence-corrected chi connectivity index (χ2v) is 13.5. The summed E-state index contributed by atoms with van der Waals surface area (Å²) in [4.78, 5) is 23.8. The van der Waals surface area contributed by atoms with Crippen molar-refractivity contribution in [3.8, 4) is 0 Å². The minimum absolute atomic E-state index is 0.00297. The van der Waals surface area contributed by atoms with Crippen LogP contribution in [-0.2, 0) is 21.2 Å². The van der Waals surface area contributed by atoms with Crippen LogP contribution >= 0.6 is 31.9 Å². The Bertz CT molecular complexity index is 1390. The van der Waals surface area contributed by atoms with Gasteiger partial charge in [0.15, 0.2) is 0 Å². The molecule has 2 atom stereocenters. The van der Waals surface area contributed by atoms with E-state index in [1.807, 2.05) is 6.07 Å². The molecule has 3 N–H and O–H groups in total. The lowest BCUT2D eigenvalue weighted by Gasteiger charge is -2.30. The summed E-state index contributed by atoms with van der Waals surface area (Å²) in [6.07, 6.45) is 0. The van der Waals surface area contributed by atoms with Gasteiger partial charge in [-0.05, 0) is 79.0 Å². The molecule has 2 aromatic carbocycles. The highest BCUT2D eigenvalue weighted by Crippen LogP contribution is 2.48. The Kier molecular flexibility index (Phi) is 12.8. The zero-order valence-electron chi connectivity index (χ0n) is 24.7. The van der Waals surface area contributed by atoms with E-state index in [-0.39, 0.29) is 21.4 Å². The number of benzene rings is 2. The van der Waals surface area contributed by atoms with Gasteiger partial charge in [0.25, 0.3) is 10.8 Å². The van der Waals surface area contributed by atoms with Gasteiger partial charge in [0, 0.05) is 57.9 Å². The number of anilines is 2. The maximum atomic E-state index is 11.0. The Morgan fingerprint density at radius 1 is 0.857 bits per heavy atom. The summed E-state index contributed by atoms with van der Waals surface area (Å²) in [6, 6.07) is 11.1. The van der Waals surface area contributed by atoms with Crippen LogP contribution < -0.4 is 9.80 Å². The molecule has 13 nitrogen and oxygen atoms in total. The Morgan fingerprint density at radius 3 is 1.62 bits per heavy atom. The fraction of sp³-hybridized carbons (Fsp3) is 0.538. The van der Waals surface area contributed by atoms with Crippen molar-refractivity contribution in [2.75, 3.05) is 22.9 Å². The number of nitro groups is 1. The molecule has 0 spiro atoms. The van der Waals surface area contributed by atoms with Gasteiger partial charge in [-0.3, -0.25) is 19.2 Å². The standard InChI is InChI=1S/C13H17BrN2O2.C13H18BrN.HNO3.H2O4S/c1-5-15-8(2)13(3,4)9-6-10(14)12(16(17)18)7-11(9)15;1-5-15-9(2)13(3,4)11-8-10(14)6-7-12(11)15;2-1(3)4;1-5(2,3)4/h6-8H,5H2,1-4H3;6-9H,5H2,1-4H3;(H,2,3,4);(H2,1,2,3,4). The molecule has 0 saturated carbocycles. The number of hydrogen-bond acceptors (Lipinski definition) is 8. The van der Waals surface area contributed by atoms with Crippen LogP contribution in [0.3, 0.4) is 0 Å². The fourth-order valence-corrected chi connectivity index (χ4v) is 6.10. The molecule has 236 valence electrons. The number of fused-ring (bicyclic) bond motifs is 2. The minimum atomic E-state index is -4.67. The molecule has 0 aromatic heterocycles. The molecule has 42 heavy (non-hydrogen) atoms.